The number of hydrogen-bond donors (Lipinski definition) is 1. The maximum Gasteiger partial charge on any atom is 0.292 e. The van der Waals surface area contributed by atoms with Crippen LogP contribution >= 0.6 is 0 Å². The molecule has 0 aliphatic rings. The second-order valence-electron chi connectivity index (χ2n) is 7.13. The lowest BCUT2D eigenvalue weighted by molar-refractivity contribution is 0.0992. The van der Waals surface area contributed by atoms with E-state index in [-0.39, 0.29) is 18.2 Å². The number of nitrogens with zero attached hydrogens (tertiary/aromatic N) is 2. The first-order valence-corrected chi connectivity index (χ1v) is 9.97. The number of nitrogens with one attached hydrogen (secondary N) is 1. The lowest BCUT2D eigenvalue weighted by Crippen LogP contribution is -2.13. The summed E-state index contributed by atoms with van der Waals surface area (Å²) in [4.78, 5) is 12.4. The maximum absolute atomic E-state index is 13.9. The van der Waals surface area contributed by atoms with Crippen molar-refractivity contribution >= 4 is 11.7 Å². The third kappa shape index (κ3) is 5.10. The van der Waals surface area contributed by atoms with Crippen LogP contribution in [0.1, 0.15) is 21.9 Å². The van der Waals surface area contributed by atoms with Crippen molar-refractivity contribution in [3.8, 4) is 11.5 Å². The minimum atomic E-state index is -2.25. The van der Waals surface area contributed by atoms with Gasteiger partial charge in [0.05, 0.1) is 19.2 Å². The molecule has 0 saturated carbocycles. The number of rotatable bonds is 8. The van der Waals surface area contributed by atoms with Crippen LogP contribution in [0.2, 0.25) is 0 Å². The summed E-state index contributed by atoms with van der Waals surface area (Å²) in [7, 11) is 1.54. The number of furan rings is 1. The summed E-state index contributed by atoms with van der Waals surface area (Å²) in [6, 6.07) is 11.1. The van der Waals surface area contributed by atoms with E-state index in [1.165, 1.54) is 18.3 Å². The highest BCUT2D eigenvalue weighted by atomic mass is 19.2. The van der Waals surface area contributed by atoms with Gasteiger partial charge in [-0.25, -0.2) is 22.0 Å². The predicted octanol–water partition coefficient (Wildman–Crippen LogP) is 5.06. The normalized spacial score (nSPS) is 10.9. The third-order valence-corrected chi connectivity index (χ3v) is 4.83. The molecule has 4 rings (SSSR count). The second-order valence-corrected chi connectivity index (χ2v) is 7.13. The zero-order valence-electron chi connectivity index (χ0n) is 18.0. The van der Waals surface area contributed by atoms with Gasteiger partial charge in [-0.1, -0.05) is 0 Å². The van der Waals surface area contributed by atoms with Crippen molar-refractivity contribution in [1.82, 2.24) is 9.78 Å². The van der Waals surface area contributed by atoms with Crippen LogP contribution in [-0.2, 0) is 13.2 Å². The Morgan fingerprint density at radius 3 is 2.20 bits per heavy atom. The van der Waals surface area contributed by atoms with Crippen LogP contribution < -0.4 is 14.8 Å². The molecule has 7 nitrogen and oxygen atoms in total. The molecule has 1 N–H and O–H groups in total. The number of benzene rings is 2. The quantitative estimate of drug-likeness (QED) is 0.211. The maximum atomic E-state index is 13.9. The molecule has 0 unspecified atom stereocenters. The van der Waals surface area contributed by atoms with Crippen molar-refractivity contribution < 1.29 is 40.6 Å². The first-order valence-electron chi connectivity index (χ1n) is 9.97. The highest BCUT2D eigenvalue weighted by molar-refractivity contribution is 6.01. The molecule has 35 heavy (non-hydrogen) atoms. The first-order chi connectivity index (χ1) is 16.8. The van der Waals surface area contributed by atoms with Gasteiger partial charge >= 0.3 is 0 Å². The molecular weight excluding hydrogens is 477 g/mol. The number of aromatic nitrogens is 2. The molecular formula is C23H16F5N3O4. The Bertz CT molecular complexity index is 1340. The summed E-state index contributed by atoms with van der Waals surface area (Å²) in [5.41, 5.74) is -1.06. The second kappa shape index (κ2) is 9.87. The van der Waals surface area contributed by atoms with Crippen molar-refractivity contribution in [2.45, 2.75) is 13.2 Å². The minimum absolute atomic E-state index is 0.0358. The summed E-state index contributed by atoms with van der Waals surface area (Å²) in [5, 5.41) is 6.28. The summed E-state index contributed by atoms with van der Waals surface area (Å²) in [6.45, 7) is -0.703. The van der Waals surface area contributed by atoms with Gasteiger partial charge in [-0.3, -0.25) is 9.48 Å². The lowest BCUT2D eigenvalue weighted by Gasteiger charge is -2.08. The Balaban J connectivity index is 1.38. The van der Waals surface area contributed by atoms with Crippen LogP contribution in [0.15, 0.2) is 53.1 Å². The van der Waals surface area contributed by atoms with Crippen LogP contribution in [-0.4, -0.2) is 22.8 Å². The molecule has 0 saturated heterocycles. The molecule has 0 aliphatic carbocycles. The standard InChI is InChI=1S/C23H16F5N3O4/c1-33-12-2-4-13(5-3-12)34-11-14-6-7-16(35-14)23(32)29-17-8-9-31(30-17)10-15-18(24)20(26)22(28)21(27)19(15)25/h2-9H,10-11H2,1H3,(H,29,30,32). The Hall–Kier alpha value is -4.35. The topological polar surface area (TPSA) is 78.5 Å². The van der Waals surface area contributed by atoms with Crippen LogP contribution in [0.4, 0.5) is 27.8 Å². The Labute approximate surface area is 194 Å². The summed E-state index contributed by atoms with van der Waals surface area (Å²) in [5.74, 6) is -9.44. The van der Waals surface area contributed by atoms with E-state index in [0.717, 1.165) is 4.68 Å². The number of hydrogen-bond acceptors (Lipinski definition) is 5. The Morgan fingerprint density at radius 1 is 0.914 bits per heavy atom. The molecule has 0 fully saturated rings. The minimum Gasteiger partial charge on any atom is -0.497 e. The van der Waals surface area contributed by atoms with E-state index in [9.17, 15) is 26.7 Å². The molecule has 2 aromatic heterocycles. The number of halogens is 5. The fourth-order valence-corrected chi connectivity index (χ4v) is 3.05. The van der Waals surface area contributed by atoms with E-state index in [0.29, 0.717) is 17.3 Å². The van der Waals surface area contributed by atoms with E-state index >= 15 is 0 Å². The van der Waals surface area contributed by atoms with Crippen LogP contribution in [0, 0.1) is 29.1 Å². The summed E-state index contributed by atoms with van der Waals surface area (Å²) < 4.78 is 84.7. The molecule has 0 bridgehead atoms. The molecule has 0 atom stereocenters. The van der Waals surface area contributed by atoms with E-state index in [1.54, 1.807) is 37.4 Å². The van der Waals surface area contributed by atoms with E-state index in [1.807, 2.05) is 0 Å². The average molecular weight is 493 g/mol. The van der Waals surface area contributed by atoms with Crippen molar-refractivity contribution in [3.05, 3.63) is 94.8 Å². The number of ether oxygens (including phenoxy) is 2. The first kappa shape index (κ1) is 23.8. The molecule has 4 aromatic rings. The van der Waals surface area contributed by atoms with Crippen molar-refractivity contribution in [2.24, 2.45) is 0 Å². The van der Waals surface area contributed by atoms with Crippen LogP contribution in [0.5, 0.6) is 11.5 Å². The monoisotopic (exact) mass is 493 g/mol. The molecule has 1 amide bonds. The molecule has 0 radical (unpaired) electrons. The smallest absolute Gasteiger partial charge is 0.292 e. The van der Waals surface area contributed by atoms with E-state index in [2.05, 4.69) is 10.4 Å². The molecule has 12 heteroatoms. The van der Waals surface area contributed by atoms with Crippen molar-refractivity contribution in [2.75, 3.05) is 12.4 Å². The summed E-state index contributed by atoms with van der Waals surface area (Å²) in [6.07, 6.45) is 1.20. The third-order valence-electron chi connectivity index (χ3n) is 4.83. The Kier molecular flexibility index (Phi) is 6.71. The van der Waals surface area contributed by atoms with Gasteiger partial charge in [-0.05, 0) is 36.4 Å². The fourth-order valence-electron chi connectivity index (χ4n) is 3.05. The van der Waals surface area contributed by atoms with Crippen molar-refractivity contribution in [3.63, 3.8) is 0 Å². The molecule has 2 heterocycles. The SMILES string of the molecule is COc1ccc(OCc2ccc(C(=O)Nc3ccn(Cc4c(F)c(F)c(F)c(F)c4F)n3)o2)cc1. The fraction of sp³-hybridized carbons (Fsp3) is 0.130. The molecule has 0 spiro atoms. The summed E-state index contributed by atoms with van der Waals surface area (Å²) >= 11 is 0. The molecule has 182 valence electrons. The lowest BCUT2D eigenvalue weighted by atomic mass is 10.1. The van der Waals surface area contributed by atoms with Crippen LogP contribution in [0.25, 0.3) is 0 Å². The highest BCUT2D eigenvalue weighted by Gasteiger charge is 2.26. The number of methoxy groups -OCH3 is 1. The van der Waals surface area contributed by atoms with Crippen LogP contribution in [0.3, 0.4) is 0 Å². The van der Waals surface area contributed by atoms with Crippen molar-refractivity contribution in [1.29, 1.82) is 0 Å². The average Bonchev–Trinajstić information content (AvgIpc) is 3.53. The van der Waals surface area contributed by atoms with Gasteiger partial charge in [-0.2, -0.15) is 5.10 Å². The van der Waals surface area contributed by atoms with Gasteiger partial charge in [-0.15, -0.1) is 0 Å². The van der Waals surface area contributed by atoms with E-state index < -0.39 is 47.1 Å². The van der Waals surface area contributed by atoms with Gasteiger partial charge < -0.3 is 19.2 Å². The number of anilines is 1. The number of carbonyl (C=O) groups is 1. The van der Waals surface area contributed by atoms with Gasteiger partial charge in [0.25, 0.3) is 5.91 Å². The van der Waals surface area contributed by atoms with E-state index in [4.69, 9.17) is 13.9 Å². The van der Waals surface area contributed by atoms with Gasteiger partial charge in [0, 0.05) is 12.3 Å². The number of carbonyl (C=O) groups excluding carboxylic acids is 1. The zero-order valence-corrected chi connectivity index (χ0v) is 18.0. The zero-order chi connectivity index (χ0) is 25.1. The van der Waals surface area contributed by atoms with Gasteiger partial charge in [0.15, 0.2) is 34.8 Å². The van der Waals surface area contributed by atoms with Gasteiger partial charge in [0.2, 0.25) is 5.82 Å². The number of amides is 1. The molecule has 0 aliphatic heterocycles. The highest BCUT2D eigenvalue weighted by Crippen LogP contribution is 2.24. The largest absolute Gasteiger partial charge is 0.497 e. The molecule has 2 aromatic carbocycles. The Morgan fingerprint density at radius 2 is 1.54 bits per heavy atom. The van der Waals surface area contributed by atoms with Gasteiger partial charge in [0.1, 0.15) is 23.9 Å². The predicted molar refractivity (Wildman–Crippen MR) is 112 cm³/mol.